The summed E-state index contributed by atoms with van der Waals surface area (Å²) >= 11 is 0. The molecule has 0 aliphatic heterocycles. The second kappa shape index (κ2) is 9.19. The highest BCUT2D eigenvalue weighted by molar-refractivity contribution is 5.91. The Kier molecular flexibility index (Phi) is 6.92. The third-order valence-electron chi connectivity index (χ3n) is 3.97. The summed E-state index contributed by atoms with van der Waals surface area (Å²) in [7, 11) is 0. The maximum absolute atomic E-state index is 12.2. The summed E-state index contributed by atoms with van der Waals surface area (Å²) in [6.45, 7) is 4.46. The molecule has 23 heavy (non-hydrogen) atoms. The third-order valence-corrected chi connectivity index (χ3v) is 3.97. The van der Waals surface area contributed by atoms with Crippen LogP contribution in [0.25, 0.3) is 0 Å². The highest BCUT2D eigenvalue weighted by Gasteiger charge is 2.16. The first-order valence-electron chi connectivity index (χ1n) is 8.66. The zero-order valence-corrected chi connectivity index (χ0v) is 14.2. The number of esters is 1. The average molecular weight is 313 g/mol. The Morgan fingerprint density at radius 2 is 1.87 bits per heavy atom. The smallest absolute Gasteiger partial charge is 0.339 e. The van der Waals surface area contributed by atoms with Gasteiger partial charge in [0.25, 0.3) is 0 Å². The molecule has 1 aromatic carbocycles. The lowest BCUT2D eigenvalue weighted by molar-refractivity contribution is 0.0525. The number of aromatic amines is 1. The molecule has 1 N–H and O–H groups in total. The monoisotopic (exact) mass is 313 g/mol. The largest absolute Gasteiger partial charge is 0.462 e. The van der Waals surface area contributed by atoms with Gasteiger partial charge >= 0.3 is 5.97 Å². The van der Waals surface area contributed by atoms with Crippen LogP contribution in [0.4, 0.5) is 0 Å². The molecule has 0 bridgehead atoms. The van der Waals surface area contributed by atoms with Gasteiger partial charge in [0.05, 0.1) is 12.2 Å². The normalized spacial score (nSPS) is 10.7. The average Bonchev–Trinajstić information content (AvgIpc) is 2.96. The number of hydrogen-bond donors (Lipinski definition) is 1. The number of carbonyl (C=O) groups excluding carboxylic acids is 1. The Balaban J connectivity index is 2.13. The number of ether oxygens (including phenoxy) is 1. The maximum atomic E-state index is 12.2. The standard InChI is InChI=1S/C20H27NO2/c1-3-5-6-10-13-17-15-18(20(22)23-4-2)19(21-17)14-16-11-8-7-9-12-16/h7-9,11-12,15,21H,3-6,10,13-14H2,1-2H3. The van der Waals surface area contributed by atoms with E-state index in [0.717, 1.165) is 30.7 Å². The molecule has 124 valence electrons. The fourth-order valence-electron chi connectivity index (χ4n) is 2.77. The second-order valence-electron chi connectivity index (χ2n) is 5.88. The van der Waals surface area contributed by atoms with Gasteiger partial charge in [-0.15, -0.1) is 0 Å². The van der Waals surface area contributed by atoms with Gasteiger partial charge < -0.3 is 9.72 Å². The van der Waals surface area contributed by atoms with Gasteiger partial charge in [0.15, 0.2) is 0 Å². The van der Waals surface area contributed by atoms with Crippen LogP contribution >= 0.6 is 0 Å². The van der Waals surface area contributed by atoms with Gasteiger partial charge in [0.2, 0.25) is 0 Å². The minimum Gasteiger partial charge on any atom is -0.462 e. The van der Waals surface area contributed by atoms with Crippen LogP contribution in [0, 0.1) is 0 Å². The van der Waals surface area contributed by atoms with Gasteiger partial charge in [0, 0.05) is 17.8 Å². The van der Waals surface area contributed by atoms with Crippen LogP contribution in [-0.4, -0.2) is 17.6 Å². The fraction of sp³-hybridized carbons (Fsp3) is 0.450. The van der Waals surface area contributed by atoms with Crippen molar-refractivity contribution >= 4 is 5.97 Å². The molecule has 3 nitrogen and oxygen atoms in total. The molecule has 1 heterocycles. The lowest BCUT2D eigenvalue weighted by Gasteiger charge is -2.04. The Bertz CT molecular complexity index is 601. The zero-order chi connectivity index (χ0) is 16.5. The third kappa shape index (κ3) is 5.27. The number of unbranched alkanes of at least 4 members (excludes halogenated alkanes) is 3. The molecule has 0 saturated heterocycles. The van der Waals surface area contributed by atoms with Crippen molar-refractivity contribution in [2.24, 2.45) is 0 Å². The predicted octanol–water partition coefficient (Wildman–Crippen LogP) is 4.91. The van der Waals surface area contributed by atoms with Crippen molar-refractivity contribution in [3.8, 4) is 0 Å². The Morgan fingerprint density at radius 1 is 1.09 bits per heavy atom. The second-order valence-corrected chi connectivity index (χ2v) is 5.88. The van der Waals surface area contributed by atoms with Gasteiger partial charge in [-0.2, -0.15) is 0 Å². The molecule has 0 atom stereocenters. The van der Waals surface area contributed by atoms with E-state index in [9.17, 15) is 4.79 Å². The van der Waals surface area contributed by atoms with Gasteiger partial charge in [-0.3, -0.25) is 0 Å². The van der Waals surface area contributed by atoms with E-state index < -0.39 is 0 Å². The van der Waals surface area contributed by atoms with Crippen molar-refractivity contribution in [2.75, 3.05) is 6.61 Å². The molecule has 0 saturated carbocycles. The summed E-state index contributed by atoms with van der Waals surface area (Å²) < 4.78 is 5.20. The minimum absolute atomic E-state index is 0.227. The van der Waals surface area contributed by atoms with E-state index in [1.807, 2.05) is 31.2 Å². The van der Waals surface area contributed by atoms with E-state index >= 15 is 0 Å². The summed E-state index contributed by atoms with van der Waals surface area (Å²) in [6.07, 6.45) is 6.60. The quantitative estimate of drug-likeness (QED) is 0.528. The van der Waals surface area contributed by atoms with Gasteiger partial charge in [-0.05, 0) is 31.4 Å². The molecule has 0 radical (unpaired) electrons. The maximum Gasteiger partial charge on any atom is 0.339 e. The number of rotatable bonds is 9. The topological polar surface area (TPSA) is 42.1 Å². The predicted molar refractivity (Wildman–Crippen MR) is 93.8 cm³/mol. The minimum atomic E-state index is -0.227. The van der Waals surface area contributed by atoms with E-state index in [-0.39, 0.29) is 5.97 Å². The van der Waals surface area contributed by atoms with Crippen LogP contribution < -0.4 is 0 Å². The first-order valence-corrected chi connectivity index (χ1v) is 8.66. The summed E-state index contributed by atoms with van der Waals surface area (Å²) in [5, 5.41) is 0. The van der Waals surface area contributed by atoms with E-state index in [2.05, 4.69) is 24.0 Å². The van der Waals surface area contributed by atoms with Crippen molar-refractivity contribution in [1.82, 2.24) is 4.98 Å². The Morgan fingerprint density at radius 3 is 2.57 bits per heavy atom. The van der Waals surface area contributed by atoms with Crippen LogP contribution in [0.2, 0.25) is 0 Å². The number of nitrogens with one attached hydrogen (secondary N) is 1. The molecule has 0 fully saturated rings. The van der Waals surface area contributed by atoms with Crippen LogP contribution in [0.1, 0.15) is 66.8 Å². The number of H-pyrrole nitrogens is 1. The molecule has 0 unspecified atom stereocenters. The zero-order valence-electron chi connectivity index (χ0n) is 14.2. The molecular formula is C20H27NO2. The Labute approximate surface area is 139 Å². The van der Waals surface area contributed by atoms with Gasteiger partial charge in [-0.1, -0.05) is 56.5 Å². The molecule has 0 amide bonds. The number of aryl methyl sites for hydroxylation is 1. The highest BCUT2D eigenvalue weighted by atomic mass is 16.5. The van der Waals surface area contributed by atoms with E-state index in [1.54, 1.807) is 0 Å². The van der Waals surface area contributed by atoms with E-state index in [4.69, 9.17) is 4.74 Å². The van der Waals surface area contributed by atoms with Crippen LogP contribution in [-0.2, 0) is 17.6 Å². The number of carbonyl (C=O) groups is 1. The lowest BCUT2D eigenvalue weighted by Crippen LogP contribution is -2.06. The summed E-state index contributed by atoms with van der Waals surface area (Å²) in [4.78, 5) is 15.6. The van der Waals surface area contributed by atoms with Crippen molar-refractivity contribution in [3.05, 3.63) is 58.9 Å². The number of benzene rings is 1. The summed E-state index contributed by atoms with van der Waals surface area (Å²) in [5.41, 5.74) is 3.97. The molecule has 3 heteroatoms. The fourth-order valence-corrected chi connectivity index (χ4v) is 2.77. The van der Waals surface area contributed by atoms with E-state index in [1.165, 1.54) is 24.8 Å². The highest BCUT2D eigenvalue weighted by Crippen LogP contribution is 2.18. The van der Waals surface area contributed by atoms with Crippen LogP contribution in [0.15, 0.2) is 36.4 Å². The lowest BCUT2D eigenvalue weighted by atomic mass is 10.1. The van der Waals surface area contributed by atoms with Crippen LogP contribution in [0.5, 0.6) is 0 Å². The van der Waals surface area contributed by atoms with Crippen molar-refractivity contribution < 1.29 is 9.53 Å². The first kappa shape index (κ1) is 17.3. The SMILES string of the molecule is CCCCCCc1cc(C(=O)OCC)c(Cc2ccccc2)[nH]1. The summed E-state index contributed by atoms with van der Waals surface area (Å²) in [6, 6.07) is 12.2. The molecule has 2 aromatic rings. The molecule has 0 aliphatic carbocycles. The Hall–Kier alpha value is -2.03. The van der Waals surface area contributed by atoms with Gasteiger partial charge in [0.1, 0.15) is 0 Å². The van der Waals surface area contributed by atoms with E-state index in [0.29, 0.717) is 12.2 Å². The molecule has 0 spiro atoms. The van der Waals surface area contributed by atoms with Crippen molar-refractivity contribution in [1.29, 1.82) is 0 Å². The number of aromatic nitrogens is 1. The molecule has 1 aromatic heterocycles. The first-order chi connectivity index (χ1) is 11.2. The van der Waals surface area contributed by atoms with Gasteiger partial charge in [-0.25, -0.2) is 4.79 Å². The molecule has 0 aliphatic rings. The van der Waals surface area contributed by atoms with Crippen molar-refractivity contribution in [3.63, 3.8) is 0 Å². The number of hydrogen-bond acceptors (Lipinski definition) is 2. The molecular weight excluding hydrogens is 286 g/mol. The van der Waals surface area contributed by atoms with Crippen LogP contribution in [0.3, 0.4) is 0 Å². The summed E-state index contributed by atoms with van der Waals surface area (Å²) in [5.74, 6) is -0.227. The van der Waals surface area contributed by atoms with Crippen molar-refractivity contribution in [2.45, 2.75) is 52.4 Å². The molecule has 2 rings (SSSR count).